The molecule has 27 heavy (non-hydrogen) atoms. The van der Waals surface area contributed by atoms with Gasteiger partial charge in [0, 0.05) is 11.6 Å². The van der Waals surface area contributed by atoms with Crippen molar-refractivity contribution in [3.63, 3.8) is 0 Å². The van der Waals surface area contributed by atoms with Gasteiger partial charge in [-0.05, 0) is 50.3 Å². The van der Waals surface area contributed by atoms with Crippen molar-refractivity contribution in [2.24, 2.45) is 0 Å². The SMILES string of the molecule is C=CC(=O)OCCCCCCOc1cc(C)ccc1C(=O)c1ccccc1. The molecule has 2 aromatic rings. The smallest absolute Gasteiger partial charge is 0.330 e. The van der Waals surface area contributed by atoms with E-state index in [0.29, 0.717) is 30.1 Å². The number of rotatable bonds is 11. The fourth-order valence-corrected chi connectivity index (χ4v) is 2.65. The van der Waals surface area contributed by atoms with E-state index in [4.69, 9.17) is 9.47 Å². The Kier molecular flexibility index (Phi) is 8.30. The molecule has 2 rings (SSSR count). The molecule has 0 aromatic heterocycles. The number of ketones is 1. The van der Waals surface area contributed by atoms with Crippen LogP contribution in [0.5, 0.6) is 5.75 Å². The van der Waals surface area contributed by atoms with Gasteiger partial charge in [-0.3, -0.25) is 4.79 Å². The maximum absolute atomic E-state index is 12.7. The van der Waals surface area contributed by atoms with Crippen LogP contribution in [-0.4, -0.2) is 25.0 Å². The number of carbonyl (C=O) groups excluding carboxylic acids is 2. The average molecular weight is 366 g/mol. The van der Waals surface area contributed by atoms with Gasteiger partial charge in [0.15, 0.2) is 5.78 Å². The van der Waals surface area contributed by atoms with Crippen LogP contribution in [0.25, 0.3) is 0 Å². The molecule has 0 aliphatic rings. The van der Waals surface area contributed by atoms with Crippen molar-refractivity contribution < 1.29 is 19.1 Å². The van der Waals surface area contributed by atoms with E-state index < -0.39 is 0 Å². The number of hydrogen-bond donors (Lipinski definition) is 0. The van der Waals surface area contributed by atoms with E-state index in [0.717, 1.165) is 31.2 Å². The second kappa shape index (κ2) is 11.0. The summed E-state index contributed by atoms with van der Waals surface area (Å²) in [5, 5.41) is 0. The second-order valence-corrected chi connectivity index (χ2v) is 6.33. The maximum Gasteiger partial charge on any atom is 0.330 e. The fraction of sp³-hybridized carbons (Fsp3) is 0.304. The Morgan fingerprint density at radius 2 is 1.67 bits per heavy atom. The van der Waals surface area contributed by atoms with Crippen molar-refractivity contribution >= 4 is 11.8 Å². The lowest BCUT2D eigenvalue weighted by Gasteiger charge is -2.12. The van der Waals surface area contributed by atoms with Crippen LogP contribution < -0.4 is 4.74 Å². The summed E-state index contributed by atoms with van der Waals surface area (Å²) in [6.07, 6.45) is 4.80. The molecule has 0 heterocycles. The topological polar surface area (TPSA) is 52.6 Å². The molecule has 0 N–H and O–H groups in total. The van der Waals surface area contributed by atoms with Gasteiger partial charge in [-0.15, -0.1) is 0 Å². The van der Waals surface area contributed by atoms with E-state index in [9.17, 15) is 9.59 Å². The molecule has 4 heteroatoms. The van der Waals surface area contributed by atoms with Crippen molar-refractivity contribution in [3.8, 4) is 5.75 Å². The maximum atomic E-state index is 12.7. The van der Waals surface area contributed by atoms with Crippen LogP contribution in [0.15, 0.2) is 61.2 Å². The van der Waals surface area contributed by atoms with Gasteiger partial charge in [0.05, 0.1) is 18.8 Å². The fourth-order valence-electron chi connectivity index (χ4n) is 2.65. The Bertz CT molecular complexity index is 765. The van der Waals surface area contributed by atoms with E-state index >= 15 is 0 Å². The summed E-state index contributed by atoms with van der Waals surface area (Å²) in [5.41, 5.74) is 2.29. The molecule has 0 amide bonds. The van der Waals surface area contributed by atoms with E-state index in [1.54, 1.807) is 0 Å². The molecule has 142 valence electrons. The zero-order valence-corrected chi connectivity index (χ0v) is 15.8. The molecule has 0 saturated carbocycles. The zero-order valence-electron chi connectivity index (χ0n) is 15.8. The Labute approximate surface area is 160 Å². The Balaban J connectivity index is 1.82. The minimum atomic E-state index is -0.381. The third-order valence-corrected chi connectivity index (χ3v) is 4.12. The Morgan fingerprint density at radius 1 is 0.963 bits per heavy atom. The van der Waals surface area contributed by atoms with Gasteiger partial charge in [0.1, 0.15) is 5.75 Å². The largest absolute Gasteiger partial charge is 0.493 e. The normalized spacial score (nSPS) is 10.3. The summed E-state index contributed by atoms with van der Waals surface area (Å²) in [4.78, 5) is 23.7. The Hall–Kier alpha value is -2.88. The number of aryl methyl sites for hydroxylation is 1. The predicted molar refractivity (Wildman–Crippen MR) is 106 cm³/mol. The third-order valence-electron chi connectivity index (χ3n) is 4.12. The summed E-state index contributed by atoms with van der Waals surface area (Å²) in [6.45, 7) is 6.30. The molecule has 0 fully saturated rings. The van der Waals surface area contributed by atoms with Crippen LogP contribution in [0.4, 0.5) is 0 Å². The monoisotopic (exact) mass is 366 g/mol. The predicted octanol–water partition coefficient (Wildman–Crippen LogP) is 4.89. The van der Waals surface area contributed by atoms with Crippen LogP contribution >= 0.6 is 0 Å². The molecular weight excluding hydrogens is 340 g/mol. The number of benzene rings is 2. The van der Waals surface area contributed by atoms with Crippen molar-refractivity contribution in [1.82, 2.24) is 0 Å². The van der Waals surface area contributed by atoms with Crippen LogP contribution in [0.3, 0.4) is 0 Å². The highest BCUT2D eigenvalue weighted by atomic mass is 16.5. The van der Waals surface area contributed by atoms with E-state index in [2.05, 4.69) is 6.58 Å². The molecule has 0 spiro atoms. The molecule has 0 aliphatic carbocycles. The van der Waals surface area contributed by atoms with Gasteiger partial charge < -0.3 is 9.47 Å². The molecule has 2 aromatic carbocycles. The van der Waals surface area contributed by atoms with Gasteiger partial charge in [0.2, 0.25) is 0 Å². The van der Waals surface area contributed by atoms with Crippen molar-refractivity contribution in [2.75, 3.05) is 13.2 Å². The minimum absolute atomic E-state index is 0.0327. The summed E-state index contributed by atoms with van der Waals surface area (Å²) >= 11 is 0. The van der Waals surface area contributed by atoms with E-state index in [1.807, 2.05) is 55.5 Å². The van der Waals surface area contributed by atoms with Crippen molar-refractivity contribution in [3.05, 3.63) is 77.9 Å². The van der Waals surface area contributed by atoms with Crippen LogP contribution in [0.1, 0.15) is 47.2 Å². The van der Waals surface area contributed by atoms with Gasteiger partial charge in [-0.2, -0.15) is 0 Å². The molecule has 0 atom stereocenters. The number of esters is 1. The first-order valence-electron chi connectivity index (χ1n) is 9.24. The molecule has 0 bridgehead atoms. The lowest BCUT2D eigenvalue weighted by Crippen LogP contribution is -2.07. The molecule has 4 nitrogen and oxygen atoms in total. The summed E-state index contributed by atoms with van der Waals surface area (Å²) in [6, 6.07) is 14.9. The summed E-state index contributed by atoms with van der Waals surface area (Å²) < 4.78 is 10.8. The zero-order chi connectivity index (χ0) is 19.5. The van der Waals surface area contributed by atoms with Gasteiger partial charge in [0.25, 0.3) is 0 Å². The van der Waals surface area contributed by atoms with Gasteiger partial charge >= 0.3 is 5.97 Å². The van der Waals surface area contributed by atoms with Gasteiger partial charge in [-0.1, -0.05) is 43.0 Å². The van der Waals surface area contributed by atoms with Crippen molar-refractivity contribution in [2.45, 2.75) is 32.6 Å². The highest BCUT2D eigenvalue weighted by Crippen LogP contribution is 2.24. The minimum Gasteiger partial charge on any atom is -0.493 e. The standard InChI is InChI=1S/C23H26O4/c1-3-22(24)27-16-10-5-4-9-15-26-21-17-18(2)13-14-20(21)23(25)19-11-7-6-8-12-19/h3,6-8,11-14,17H,1,4-5,9-10,15-16H2,2H3. The first-order valence-corrected chi connectivity index (χ1v) is 9.24. The van der Waals surface area contributed by atoms with E-state index in [1.165, 1.54) is 6.08 Å². The number of hydrogen-bond acceptors (Lipinski definition) is 4. The molecular formula is C23H26O4. The first kappa shape index (κ1) is 20.4. The first-order chi connectivity index (χ1) is 13.1. The number of carbonyl (C=O) groups is 2. The van der Waals surface area contributed by atoms with Crippen LogP contribution in [0, 0.1) is 6.92 Å². The summed E-state index contributed by atoms with van der Waals surface area (Å²) in [7, 11) is 0. The van der Waals surface area contributed by atoms with Crippen LogP contribution in [-0.2, 0) is 9.53 Å². The second-order valence-electron chi connectivity index (χ2n) is 6.33. The average Bonchev–Trinajstić information content (AvgIpc) is 2.70. The van der Waals surface area contributed by atoms with Crippen molar-refractivity contribution in [1.29, 1.82) is 0 Å². The van der Waals surface area contributed by atoms with Gasteiger partial charge in [-0.25, -0.2) is 4.79 Å². The number of ether oxygens (including phenoxy) is 2. The molecule has 0 radical (unpaired) electrons. The molecule has 0 unspecified atom stereocenters. The highest BCUT2D eigenvalue weighted by Gasteiger charge is 2.14. The third kappa shape index (κ3) is 6.74. The summed E-state index contributed by atoms with van der Waals surface area (Å²) in [5.74, 6) is 0.215. The Morgan fingerprint density at radius 3 is 2.37 bits per heavy atom. The number of unbranched alkanes of at least 4 members (excludes halogenated alkanes) is 3. The highest BCUT2D eigenvalue weighted by molar-refractivity contribution is 6.10. The molecule has 0 aliphatic heterocycles. The lowest BCUT2D eigenvalue weighted by molar-refractivity contribution is -0.137. The lowest BCUT2D eigenvalue weighted by atomic mass is 10.0. The molecule has 0 saturated heterocycles. The van der Waals surface area contributed by atoms with Crippen LogP contribution in [0.2, 0.25) is 0 Å². The van der Waals surface area contributed by atoms with E-state index in [-0.39, 0.29) is 11.8 Å². The quantitative estimate of drug-likeness (QED) is 0.246.